The number of rotatable bonds is 1. The van der Waals surface area contributed by atoms with Crippen LogP contribution in [-0.2, 0) is 12.0 Å². The Hall–Kier alpha value is -2.25. The van der Waals surface area contributed by atoms with Crippen LogP contribution in [0.5, 0.6) is 0 Å². The Morgan fingerprint density at radius 1 is 1.29 bits per heavy atom. The fourth-order valence-electron chi connectivity index (χ4n) is 3.38. The lowest BCUT2D eigenvalue weighted by Gasteiger charge is -2.34. The number of benzene rings is 1. The smallest absolute Gasteiger partial charge is 0.330 e. The van der Waals surface area contributed by atoms with Crippen LogP contribution in [0.2, 0.25) is 0 Å². The molecule has 108 valence electrons. The molecule has 0 amide bonds. The summed E-state index contributed by atoms with van der Waals surface area (Å²) in [4.78, 5) is 0. The standard InChI is InChI=1S/C14H14N4O3/c15-14-7-6-10-12(17-21-16-10)13(14,19)8-11(18(14)20)9-4-2-1-3-5-9/h1-5,19H,6-8,15H2/p+1/t13-,14-/m1/s1. The first kappa shape index (κ1) is 12.5. The summed E-state index contributed by atoms with van der Waals surface area (Å²) in [5.74, 6) is 0. The van der Waals surface area contributed by atoms with E-state index in [4.69, 9.17) is 4.63 Å². The van der Waals surface area contributed by atoms with Crippen LogP contribution >= 0.6 is 0 Å². The number of nitrogens with zero attached hydrogens (tertiary/aromatic N) is 3. The van der Waals surface area contributed by atoms with E-state index in [2.05, 4.69) is 16.0 Å². The minimum atomic E-state index is -1.46. The van der Waals surface area contributed by atoms with Gasteiger partial charge in [-0.15, -0.1) is 4.74 Å². The molecule has 1 aliphatic heterocycles. The molecule has 0 bridgehead atoms. The van der Waals surface area contributed by atoms with E-state index in [9.17, 15) is 10.3 Å². The van der Waals surface area contributed by atoms with Crippen molar-refractivity contribution in [3.63, 3.8) is 0 Å². The van der Waals surface area contributed by atoms with E-state index in [1.54, 1.807) is 0 Å². The molecule has 7 heteroatoms. The largest absolute Gasteiger partial charge is 0.619 e. The highest BCUT2D eigenvalue weighted by Gasteiger charge is 2.70. The van der Waals surface area contributed by atoms with Gasteiger partial charge in [0.2, 0.25) is 11.3 Å². The lowest BCUT2D eigenvalue weighted by atomic mass is 9.75. The Morgan fingerprint density at radius 3 is 2.81 bits per heavy atom. The van der Waals surface area contributed by atoms with E-state index in [0.717, 1.165) is 10.3 Å². The van der Waals surface area contributed by atoms with Crippen LogP contribution in [0.4, 0.5) is 0 Å². The van der Waals surface area contributed by atoms with Crippen LogP contribution < -0.4 is 5.73 Å². The average molecular weight is 287 g/mol. The molecule has 0 fully saturated rings. The zero-order valence-electron chi connectivity index (χ0n) is 11.3. The van der Waals surface area contributed by atoms with Gasteiger partial charge in [-0.25, -0.2) is 4.63 Å². The van der Waals surface area contributed by atoms with Crippen LogP contribution in [0.25, 0.3) is 0 Å². The molecule has 7 nitrogen and oxygen atoms in total. The van der Waals surface area contributed by atoms with Gasteiger partial charge in [0.1, 0.15) is 5.69 Å². The first-order valence-corrected chi connectivity index (χ1v) is 6.84. The highest BCUT2D eigenvalue weighted by molar-refractivity contribution is 5.98. The molecular weight excluding hydrogens is 272 g/mol. The third kappa shape index (κ3) is 1.42. The topological polar surface area (TPSA) is 113 Å². The van der Waals surface area contributed by atoms with Crippen molar-refractivity contribution in [3.8, 4) is 0 Å². The normalized spacial score (nSPS) is 31.1. The predicted octanol–water partition coefficient (Wildman–Crippen LogP) is -0.455. The van der Waals surface area contributed by atoms with Gasteiger partial charge in [0.25, 0.3) is 0 Å². The van der Waals surface area contributed by atoms with Gasteiger partial charge in [0.15, 0.2) is 5.69 Å². The number of quaternary nitrogens is 1. The van der Waals surface area contributed by atoms with E-state index in [1.807, 2.05) is 30.3 Å². The number of hydroxylamine groups is 1. The monoisotopic (exact) mass is 287 g/mol. The van der Waals surface area contributed by atoms with Gasteiger partial charge in [0.05, 0.1) is 12.8 Å². The van der Waals surface area contributed by atoms with E-state index in [-0.39, 0.29) is 6.42 Å². The highest BCUT2D eigenvalue weighted by atomic mass is 16.6. The molecule has 4 rings (SSSR count). The van der Waals surface area contributed by atoms with Gasteiger partial charge >= 0.3 is 5.66 Å². The fraction of sp³-hybridized carbons (Fsp3) is 0.357. The van der Waals surface area contributed by atoms with Gasteiger partial charge in [-0.1, -0.05) is 28.5 Å². The minimum Gasteiger partial charge on any atom is -0.619 e. The Labute approximate surface area is 120 Å². The Morgan fingerprint density at radius 2 is 2.05 bits per heavy atom. The Bertz CT molecular complexity index is 742. The number of hydrogen-bond acceptors (Lipinski definition) is 5. The first-order chi connectivity index (χ1) is 10.1. The molecule has 0 saturated heterocycles. The van der Waals surface area contributed by atoms with Crippen LogP contribution in [-0.4, -0.2) is 31.5 Å². The maximum Gasteiger partial charge on any atom is 0.330 e. The summed E-state index contributed by atoms with van der Waals surface area (Å²) in [6.45, 7) is 0. The Kier molecular flexibility index (Phi) is 2.32. The second kappa shape index (κ2) is 3.90. The zero-order valence-corrected chi connectivity index (χ0v) is 11.3. The summed E-state index contributed by atoms with van der Waals surface area (Å²) in [7, 11) is 0. The van der Waals surface area contributed by atoms with Crippen molar-refractivity contribution in [3.05, 3.63) is 52.5 Å². The fourth-order valence-corrected chi connectivity index (χ4v) is 3.38. The van der Waals surface area contributed by atoms with Crippen molar-refractivity contribution in [2.45, 2.75) is 30.5 Å². The summed E-state index contributed by atoms with van der Waals surface area (Å²) in [6, 6.07) is 9.32. The third-order valence-corrected chi connectivity index (χ3v) is 4.66. The predicted molar refractivity (Wildman–Crippen MR) is 70.9 cm³/mol. The SMILES string of the molecule is [NH3+][C@@]12CCc3nonc3[C@]1(O)CC(c1ccccc1)=[N+]2[O-]. The molecule has 2 heterocycles. The molecular formula is C14H15N4O3+. The second-order valence-electron chi connectivity index (χ2n) is 5.74. The van der Waals surface area contributed by atoms with E-state index >= 15 is 0 Å². The molecule has 0 saturated carbocycles. The maximum atomic E-state index is 12.8. The quantitative estimate of drug-likeness (QED) is 0.544. The van der Waals surface area contributed by atoms with Gasteiger partial charge in [-0.3, -0.25) is 5.73 Å². The number of aromatic nitrogens is 2. The van der Waals surface area contributed by atoms with Crippen molar-refractivity contribution in [2.24, 2.45) is 0 Å². The molecule has 4 N–H and O–H groups in total. The molecule has 1 aromatic heterocycles. The maximum absolute atomic E-state index is 12.8. The van der Waals surface area contributed by atoms with E-state index in [1.165, 1.54) is 0 Å². The molecule has 0 spiro atoms. The van der Waals surface area contributed by atoms with Gasteiger partial charge in [-0.05, 0) is 12.1 Å². The number of aliphatic hydroxyl groups is 1. The lowest BCUT2D eigenvalue weighted by molar-refractivity contribution is -0.769. The van der Waals surface area contributed by atoms with Gasteiger partial charge < -0.3 is 10.3 Å². The molecule has 1 aliphatic carbocycles. The van der Waals surface area contributed by atoms with Crippen LogP contribution in [0.15, 0.2) is 35.0 Å². The first-order valence-electron chi connectivity index (χ1n) is 6.84. The van der Waals surface area contributed by atoms with Gasteiger partial charge in [-0.2, -0.15) is 0 Å². The summed E-state index contributed by atoms with van der Waals surface area (Å²) in [5.41, 5.74) is 3.64. The van der Waals surface area contributed by atoms with Crippen LogP contribution in [0.3, 0.4) is 0 Å². The van der Waals surface area contributed by atoms with Crippen molar-refractivity contribution in [2.75, 3.05) is 0 Å². The highest BCUT2D eigenvalue weighted by Crippen LogP contribution is 2.46. The Balaban J connectivity index is 1.89. The van der Waals surface area contributed by atoms with Crippen LogP contribution in [0.1, 0.15) is 29.8 Å². The number of fused-ring (bicyclic) bond motifs is 3. The summed E-state index contributed by atoms with van der Waals surface area (Å²) in [6.07, 6.45) is 1.08. The molecule has 1 aromatic carbocycles. The summed E-state index contributed by atoms with van der Waals surface area (Å²) in [5, 5.41) is 31.5. The third-order valence-electron chi connectivity index (χ3n) is 4.66. The second-order valence-corrected chi connectivity index (χ2v) is 5.74. The van der Waals surface area contributed by atoms with Crippen molar-refractivity contribution in [1.82, 2.24) is 10.3 Å². The van der Waals surface area contributed by atoms with Crippen molar-refractivity contribution < 1.29 is 20.2 Å². The molecule has 21 heavy (non-hydrogen) atoms. The van der Waals surface area contributed by atoms with Gasteiger partial charge in [0, 0.05) is 12.0 Å². The molecule has 2 aliphatic rings. The molecule has 0 radical (unpaired) electrons. The van der Waals surface area contributed by atoms with E-state index < -0.39 is 11.3 Å². The summed E-state index contributed by atoms with van der Waals surface area (Å²) < 4.78 is 5.59. The molecule has 2 aromatic rings. The lowest BCUT2D eigenvalue weighted by Crippen LogP contribution is -2.84. The zero-order chi connectivity index (χ0) is 14.7. The number of aryl methyl sites for hydroxylation is 1. The van der Waals surface area contributed by atoms with E-state index in [0.29, 0.717) is 29.9 Å². The van der Waals surface area contributed by atoms with Crippen molar-refractivity contribution >= 4 is 5.71 Å². The average Bonchev–Trinajstić information content (AvgIpc) is 3.05. The van der Waals surface area contributed by atoms with Crippen LogP contribution in [0, 0.1) is 5.21 Å². The molecule has 2 atom stereocenters. The number of hydrogen-bond donors (Lipinski definition) is 2. The van der Waals surface area contributed by atoms with Crippen molar-refractivity contribution in [1.29, 1.82) is 0 Å². The minimum absolute atomic E-state index is 0.158. The molecule has 0 unspecified atom stereocenters. The summed E-state index contributed by atoms with van der Waals surface area (Å²) >= 11 is 0.